The highest BCUT2D eigenvalue weighted by molar-refractivity contribution is 7.17. The smallest absolute Gasteiger partial charge is 0.260 e. The fourth-order valence-corrected chi connectivity index (χ4v) is 3.41. The number of fused-ring (bicyclic) bond motifs is 1. The van der Waals surface area contributed by atoms with Crippen molar-refractivity contribution in [2.24, 2.45) is 0 Å². The lowest BCUT2D eigenvalue weighted by Crippen LogP contribution is -2.10. The van der Waals surface area contributed by atoms with Crippen LogP contribution in [0.15, 0.2) is 34.4 Å². The van der Waals surface area contributed by atoms with Gasteiger partial charge in [-0.2, -0.15) is 0 Å². The Morgan fingerprint density at radius 1 is 1.29 bits per heavy atom. The van der Waals surface area contributed by atoms with Crippen molar-refractivity contribution in [3.8, 4) is 11.1 Å². The van der Waals surface area contributed by atoms with Crippen LogP contribution in [-0.4, -0.2) is 9.97 Å². The van der Waals surface area contributed by atoms with Gasteiger partial charge in [0.1, 0.15) is 10.7 Å². The number of hydrogen-bond donors (Lipinski definition) is 1. The third kappa shape index (κ3) is 2.61. The van der Waals surface area contributed by atoms with Gasteiger partial charge in [0.25, 0.3) is 5.56 Å². The molecule has 0 spiro atoms. The second-order valence-corrected chi connectivity index (χ2v) is 6.38. The molecule has 2 heterocycles. The van der Waals surface area contributed by atoms with E-state index in [4.69, 9.17) is 11.6 Å². The zero-order valence-electron chi connectivity index (χ0n) is 11.8. The third-order valence-electron chi connectivity index (χ3n) is 3.51. The van der Waals surface area contributed by atoms with E-state index in [1.54, 1.807) is 0 Å². The van der Waals surface area contributed by atoms with Crippen LogP contribution < -0.4 is 5.56 Å². The standard InChI is InChI=1S/C16H15ClN2OS/c1-9(2)10-3-5-11(6-4-10)12-8-21-16-14(12)15(20)18-13(7-17)19-16/h3-6,8-9H,7H2,1-2H3,(H,18,19,20). The maximum atomic E-state index is 12.2. The molecule has 21 heavy (non-hydrogen) atoms. The SMILES string of the molecule is CC(C)c1ccc(-c2csc3nc(CCl)[nH]c(=O)c23)cc1. The second-order valence-electron chi connectivity index (χ2n) is 5.25. The quantitative estimate of drug-likeness (QED) is 0.722. The molecule has 108 valence electrons. The van der Waals surface area contributed by atoms with Crippen molar-refractivity contribution in [2.75, 3.05) is 0 Å². The Kier molecular flexibility index (Phi) is 3.83. The average molecular weight is 319 g/mol. The molecule has 5 heteroatoms. The summed E-state index contributed by atoms with van der Waals surface area (Å²) >= 11 is 7.22. The summed E-state index contributed by atoms with van der Waals surface area (Å²) in [4.78, 5) is 20.1. The lowest BCUT2D eigenvalue weighted by atomic mass is 9.99. The Morgan fingerprint density at radius 3 is 2.62 bits per heavy atom. The molecule has 0 unspecified atom stereocenters. The van der Waals surface area contributed by atoms with Crippen LogP contribution in [0, 0.1) is 0 Å². The zero-order chi connectivity index (χ0) is 15.0. The fraction of sp³-hybridized carbons (Fsp3) is 0.250. The van der Waals surface area contributed by atoms with Gasteiger partial charge in [-0.15, -0.1) is 22.9 Å². The Labute approximate surface area is 131 Å². The van der Waals surface area contributed by atoms with Crippen molar-refractivity contribution < 1.29 is 0 Å². The Bertz CT molecular complexity index is 834. The molecule has 2 aromatic heterocycles. The molecule has 0 atom stereocenters. The van der Waals surface area contributed by atoms with Crippen LogP contribution in [0.4, 0.5) is 0 Å². The van der Waals surface area contributed by atoms with E-state index in [1.807, 2.05) is 5.38 Å². The molecular weight excluding hydrogens is 304 g/mol. The van der Waals surface area contributed by atoms with E-state index in [-0.39, 0.29) is 11.4 Å². The minimum absolute atomic E-state index is 0.125. The molecule has 0 saturated heterocycles. The molecule has 0 aliphatic rings. The van der Waals surface area contributed by atoms with Crippen molar-refractivity contribution in [3.05, 3.63) is 51.4 Å². The number of nitrogens with zero attached hydrogens (tertiary/aromatic N) is 1. The van der Waals surface area contributed by atoms with Gasteiger partial charge in [0, 0.05) is 10.9 Å². The van der Waals surface area contributed by atoms with Crippen molar-refractivity contribution in [2.45, 2.75) is 25.6 Å². The molecule has 0 amide bonds. The lowest BCUT2D eigenvalue weighted by Gasteiger charge is -2.06. The predicted octanol–water partition coefficient (Wildman–Crippen LogP) is 4.51. The summed E-state index contributed by atoms with van der Waals surface area (Å²) < 4.78 is 0. The van der Waals surface area contributed by atoms with Crippen LogP contribution in [0.3, 0.4) is 0 Å². The molecular formula is C16H15ClN2OS. The van der Waals surface area contributed by atoms with E-state index in [2.05, 4.69) is 48.1 Å². The molecule has 3 aromatic rings. The summed E-state index contributed by atoms with van der Waals surface area (Å²) in [7, 11) is 0. The van der Waals surface area contributed by atoms with Crippen LogP contribution in [0.1, 0.15) is 31.2 Å². The van der Waals surface area contributed by atoms with E-state index in [0.717, 1.165) is 16.0 Å². The Morgan fingerprint density at radius 2 is 2.00 bits per heavy atom. The van der Waals surface area contributed by atoms with Gasteiger partial charge in [0.2, 0.25) is 0 Å². The number of aromatic nitrogens is 2. The van der Waals surface area contributed by atoms with Crippen LogP contribution in [-0.2, 0) is 5.88 Å². The van der Waals surface area contributed by atoms with Gasteiger partial charge >= 0.3 is 0 Å². The largest absolute Gasteiger partial charge is 0.309 e. The van der Waals surface area contributed by atoms with Gasteiger partial charge in [-0.05, 0) is 17.0 Å². The number of aromatic amines is 1. The van der Waals surface area contributed by atoms with Crippen LogP contribution in [0.5, 0.6) is 0 Å². The maximum Gasteiger partial charge on any atom is 0.260 e. The maximum absolute atomic E-state index is 12.2. The first-order valence-corrected chi connectivity index (χ1v) is 8.18. The minimum atomic E-state index is -0.125. The van der Waals surface area contributed by atoms with Gasteiger partial charge in [0.15, 0.2) is 0 Å². The third-order valence-corrected chi connectivity index (χ3v) is 4.63. The molecule has 1 N–H and O–H groups in total. The summed E-state index contributed by atoms with van der Waals surface area (Å²) in [5, 5.41) is 2.63. The van der Waals surface area contributed by atoms with Crippen molar-refractivity contribution in [1.82, 2.24) is 9.97 Å². The van der Waals surface area contributed by atoms with Crippen LogP contribution in [0.25, 0.3) is 21.3 Å². The van der Waals surface area contributed by atoms with Gasteiger partial charge in [-0.1, -0.05) is 38.1 Å². The average Bonchev–Trinajstić information content (AvgIpc) is 2.91. The molecule has 0 fully saturated rings. The number of alkyl halides is 1. The first kappa shape index (κ1) is 14.3. The van der Waals surface area contributed by atoms with E-state index in [1.165, 1.54) is 16.9 Å². The highest BCUT2D eigenvalue weighted by Gasteiger charge is 2.12. The van der Waals surface area contributed by atoms with Crippen molar-refractivity contribution >= 4 is 33.2 Å². The van der Waals surface area contributed by atoms with E-state index in [9.17, 15) is 4.79 Å². The Balaban J connectivity index is 2.15. The molecule has 0 aliphatic carbocycles. The van der Waals surface area contributed by atoms with Gasteiger partial charge < -0.3 is 4.98 Å². The summed E-state index contributed by atoms with van der Waals surface area (Å²) in [5.74, 6) is 1.22. The molecule has 0 bridgehead atoms. The predicted molar refractivity (Wildman–Crippen MR) is 89.3 cm³/mol. The summed E-state index contributed by atoms with van der Waals surface area (Å²) in [6, 6.07) is 8.34. The van der Waals surface area contributed by atoms with Gasteiger partial charge in [-0.3, -0.25) is 4.79 Å². The number of H-pyrrole nitrogens is 1. The highest BCUT2D eigenvalue weighted by atomic mass is 35.5. The van der Waals surface area contributed by atoms with Crippen molar-refractivity contribution in [3.63, 3.8) is 0 Å². The number of rotatable bonds is 3. The lowest BCUT2D eigenvalue weighted by molar-refractivity contribution is 0.867. The molecule has 3 rings (SSSR count). The Hall–Kier alpha value is -1.65. The van der Waals surface area contributed by atoms with Gasteiger partial charge in [0.05, 0.1) is 11.3 Å². The number of benzene rings is 1. The van der Waals surface area contributed by atoms with E-state index < -0.39 is 0 Å². The first-order chi connectivity index (χ1) is 10.1. The van der Waals surface area contributed by atoms with Crippen molar-refractivity contribution in [1.29, 1.82) is 0 Å². The topological polar surface area (TPSA) is 45.8 Å². The molecule has 0 saturated carbocycles. The molecule has 0 radical (unpaired) electrons. The number of hydrogen-bond acceptors (Lipinski definition) is 3. The summed E-state index contributed by atoms with van der Waals surface area (Å²) in [5.41, 5.74) is 3.13. The monoisotopic (exact) mass is 318 g/mol. The summed E-state index contributed by atoms with van der Waals surface area (Å²) in [6.45, 7) is 4.33. The highest BCUT2D eigenvalue weighted by Crippen LogP contribution is 2.31. The summed E-state index contributed by atoms with van der Waals surface area (Å²) in [6.07, 6.45) is 0. The zero-order valence-corrected chi connectivity index (χ0v) is 13.4. The number of thiophene rings is 1. The van der Waals surface area contributed by atoms with E-state index in [0.29, 0.717) is 17.1 Å². The first-order valence-electron chi connectivity index (χ1n) is 6.77. The molecule has 1 aromatic carbocycles. The normalized spacial score (nSPS) is 11.4. The second kappa shape index (κ2) is 5.62. The van der Waals surface area contributed by atoms with Crippen LogP contribution >= 0.6 is 22.9 Å². The van der Waals surface area contributed by atoms with Gasteiger partial charge in [-0.25, -0.2) is 4.98 Å². The van der Waals surface area contributed by atoms with E-state index >= 15 is 0 Å². The minimum Gasteiger partial charge on any atom is -0.309 e. The number of halogens is 1. The fourth-order valence-electron chi connectivity index (χ4n) is 2.32. The number of nitrogens with one attached hydrogen (secondary N) is 1. The van der Waals surface area contributed by atoms with Crippen LogP contribution in [0.2, 0.25) is 0 Å². The molecule has 3 nitrogen and oxygen atoms in total. The molecule has 0 aliphatic heterocycles.